The highest BCUT2D eigenvalue weighted by Crippen LogP contribution is 2.28. The van der Waals surface area contributed by atoms with Gasteiger partial charge in [0.05, 0.1) is 0 Å². The van der Waals surface area contributed by atoms with Crippen molar-refractivity contribution in [3.8, 4) is 22.8 Å². The smallest absolute Gasteiger partial charge is 0.250 e. The molecule has 4 heterocycles. The van der Waals surface area contributed by atoms with Crippen LogP contribution in [0.1, 0.15) is 22.7 Å². The Morgan fingerprint density at radius 1 is 1.17 bits per heavy atom. The lowest BCUT2D eigenvalue weighted by atomic mass is 9.95. The number of halogens is 1. The first-order valence-corrected chi connectivity index (χ1v) is 9.12. The van der Waals surface area contributed by atoms with Gasteiger partial charge in [-0.1, -0.05) is 35.5 Å². The summed E-state index contributed by atoms with van der Waals surface area (Å²) in [5.41, 5.74) is 5.20. The van der Waals surface area contributed by atoms with Crippen LogP contribution in [0, 0.1) is 6.92 Å². The molecule has 0 radical (unpaired) electrons. The Balaban J connectivity index is 0.00000205. The van der Waals surface area contributed by atoms with Crippen LogP contribution in [0.2, 0.25) is 0 Å². The number of benzene rings is 1. The van der Waals surface area contributed by atoms with Gasteiger partial charge in [0.2, 0.25) is 11.6 Å². The van der Waals surface area contributed by atoms with Crippen LogP contribution in [-0.4, -0.2) is 41.9 Å². The molecule has 0 saturated heterocycles. The maximum atomic E-state index is 5.45. The monoisotopic (exact) mass is 410 g/mol. The molecule has 1 N–H and O–H groups in total. The number of fused-ring (bicyclic) bond motifs is 1. The Kier molecular flexibility index (Phi) is 5.32. The standard InChI is InChI=1S/C19H18N8O.ClH/c1-12-17(15-7-8-20-9-14(15)10-21-12)19-22-16(28-25-19)11-27-24-18(23-26-27)13-5-3-2-4-6-13;/h2-6,10,20H,7-9,11H2,1H3;1H. The second-order valence-corrected chi connectivity index (χ2v) is 6.67. The maximum absolute atomic E-state index is 5.45. The fourth-order valence-corrected chi connectivity index (χ4v) is 3.42. The largest absolute Gasteiger partial charge is 0.337 e. The Morgan fingerprint density at radius 2 is 2.03 bits per heavy atom. The zero-order valence-corrected chi connectivity index (χ0v) is 16.6. The predicted molar refractivity (Wildman–Crippen MR) is 107 cm³/mol. The molecule has 0 amide bonds. The number of aromatic nitrogens is 7. The minimum absolute atomic E-state index is 0. The lowest BCUT2D eigenvalue weighted by Gasteiger charge is -2.19. The lowest BCUT2D eigenvalue weighted by molar-refractivity contribution is 0.356. The Labute approximate surface area is 173 Å². The van der Waals surface area contributed by atoms with Crippen LogP contribution in [0.5, 0.6) is 0 Å². The minimum Gasteiger partial charge on any atom is -0.337 e. The molecule has 0 saturated carbocycles. The fraction of sp³-hybridized carbons (Fsp3) is 0.263. The van der Waals surface area contributed by atoms with E-state index in [1.807, 2.05) is 43.5 Å². The predicted octanol–water partition coefficient (Wildman–Crippen LogP) is 2.21. The molecule has 29 heavy (non-hydrogen) atoms. The molecule has 4 aromatic rings. The summed E-state index contributed by atoms with van der Waals surface area (Å²) in [5.74, 6) is 1.55. The number of hydrogen-bond acceptors (Lipinski definition) is 8. The molecule has 0 aliphatic carbocycles. The third-order valence-corrected chi connectivity index (χ3v) is 4.79. The van der Waals surface area contributed by atoms with Crippen molar-refractivity contribution in [2.24, 2.45) is 0 Å². The van der Waals surface area contributed by atoms with Gasteiger partial charge in [0, 0.05) is 29.6 Å². The molecule has 3 aromatic heterocycles. The summed E-state index contributed by atoms with van der Waals surface area (Å²) in [4.78, 5) is 10.5. The summed E-state index contributed by atoms with van der Waals surface area (Å²) in [6, 6.07) is 9.70. The Morgan fingerprint density at radius 3 is 2.90 bits per heavy atom. The van der Waals surface area contributed by atoms with Crippen molar-refractivity contribution in [2.75, 3.05) is 6.54 Å². The average molecular weight is 411 g/mol. The van der Waals surface area contributed by atoms with Gasteiger partial charge in [-0.3, -0.25) is 4.98 Å². The van der Waals surface area contributed by atoms with Gasteiger partial charge in [0.25, 0.3) is 5.89 Å². The normalized spacial score (nSPS) is 13.0. The van der Waals surface area contributed by atoms with Crippen molar-refractivity contribution in [3.63, 3.8) is 0 Å². The summed E-state index contributed by atoms with van der Waals surface area (Å²) < 4.78 is 5.45. The number of aryl methyl sites for hydroxylation is 1. The number of pyridine rings is 1. The summed E-state index contributed by atoms with van der Waals surface area (Å²) in [7, 11) is 0. The fourth-order valence-electron chi connectivity index (χ4n) is 3.42. The Hall–Kier alpha value is -3.17. The number of rotatable bonds is 4. The highest BCUT2D eigenvalue weighted by atomic mass is 35.5. The first-order valence-electron chi connectivity index (χ1n) is 9.12. The van der Waals surface area contributed by atoms with Crippen LogP contribution >= 0.6 is 12.4 Å². The van der Waals surface area contributed by atoms with Crippen LogP contribution in [-0.2, 0) is 19.5 Å². The number of tetrazole rings is 1. The summed E-state index contributed by atoms with van der Waals surface area (Å²) in [5, 5.41) is 20.1. The number of nitrogens with one attached hydrogen (secondary N) is 1. The van der Waals surface area contributed by atoms with E-state index < -0.39 is 0 Å². The van der Waals surface area contributed by atoms with Crippen molar-refractivity contribution in [1.29, 1.82) is 0 Å². The van der Waals surface area contributed by atoms with E-state index in [9.17, 15) is 0 Å². The van der Waals surface area contributed by atoms with E-state index in [2.05, 4.69) is 35.9 Å². The van der Waals surface area contributed by atoms with Crippen LogP contribution in [0.3, 0.4) is 0 Å². The summed E-state index contributed by atoms with van der Waals surface area (Å²) in [6.07, 6.45) is 2.84. The number of nitrogens with zero attached hydrogens (tertiary/aromatic N) is 7. The first-order chi connectivity index (χ1) is 13.8. The molecule has 0 spiro atoms. The van der Waals surface area contributed by atoms with Crippen molar-refractivity contribution < 1.29 is 4.52 Å². The number of hydrogen-bond donors (Lipinski definition) is 1. The van der Waals surface area contributed by atoms with E-state index in [4.69, 9.17) is 4.52 Å². The molecule has 10 heteroatoms. The molecule has 0 bridgehead atoms. The zero-order chi connectivity index (χ0) is 18.9. The van der Waals surface area contributed by atoms with Gasteiger partial charge in [-0.05, 0) is 36.2 Å². The molecule has 1 aromatic carbocycles. The SMILES string of the molecule is Cc1ncc2c(c1-c1noc(Cn3nnc(-c4ccccc4)n3)n1)CCNC2.Cl. The van der Waals surface area contributed by atoms with E-state index in [1.54, 1.807) is 0 Å². The van der Waals surface area contributed by atoms with Crippen molar-refractivity contribution >= 4 is 12.4 Å². The molecular weight excluding hydrogens is 392 g/mol. The molecule has 0 fully saturated rings. The molecule has 1 aliphatic heterocycles. The average Bonchev–Trinajstić information content (AvgIpc) is 3.39. The van der Waals surface area contributed by atoms with Gasteiger partial charge in [-0.2, -0.15) is 9.78 Å². The van der Waals surface area contributed by atoms with Crippen molar-refractivity contribution in [2.45, 2.75) is 26.4 Å². The van der Waals surface area contributed by atoms with Crippen LogP contribution in [0.4, 0.5) is 0 Å². The maximum Gasteiger partial charge on any atom is 0.250 e. The summed E-state index contributed by atoms with van der Waals surface area (Å²) >= 11 is 0. The minimum atomic E-state index is 0. The third-order valence-electron chi connectivity index (χ3n) is 4.79. The Bertz CT molecular complexity index is 1120. The van der Waals surface area contributed by atoms with Gasteiger partial charge in [0.15, 0.2) is 0 Å². The van der Waals surface area contributed by atoms with Crippen LogP contribution in [0.15, 0.2) is 41.1 Å². The van der Waals surface area contributed by atoms with Crippen LogP contribution in [0.25, 0.3) is 22.8 Å². The molecular formula is C19H19ClN8O. The van der Waals surface area contributed by atoms with Crippen molar-refractivity contribution in [3.05, 3.63) is 59.2 Å². The van der Waals surface area contributed by atoms with Gasteiger partial charge in [-0.25, -0.2) is 0 Å². The van der Waals surface area contributed by atoms with Gasteiger partial charge in [0.1, 0.15) is 6.54 Å². The second kappa shape index (κ2) is 8.06. The van der Waals surface area contributed by atoms with Crippen LogP contribution < -0.4 is 5.32 Å². The molecule has 9 nitrogen and oxygen atoms in total. The lowest BCUT2D eigenvalue weighted by Crippen LogP contribution is -2.24. The van der Waals surface area contributed by atoms with E-state index in [0.29, 0.717) is 17.5 Å². The van der Waals surface area contributed by atoms with E-state index in [-0.39, 0.29) is 19.0 Å². The van der Waals surface area contributed by atoms with E-state index in [1.165, 1.54) is 15.9 Å². The molecule has 0 atom stereocenters. The second-order valence-electron chi connectivity index (χ2n) is 6.67. The van der Waals surface area contributed by atoms with E-state index in [0.717, 1.165) is 36.3 Å². The van der Waals surface area contributed by atoms with Gasteiger partial charge < -0.3 is 9.84 Å². The van der Waals surface area contributed by atoms with Gasteiger partial charge in [-0.15, -0.1) is 22.6 Å². The zero-order valence-electron chi connectivity index (χ0n) is 15.7. The van der Waals surface area contributed by atoms with Crippen molar-refractivity contribution in [1.82, 2.24) is 40.6 Å². The van der Waals surface area contributed by atoms with Gasteiger partial charge >= 0.3 is 0 Å². The molecule has 5 rings (SSSR count). The highest BCUT2D eigenvalue weighted by molar-refractivity contribution is 5.85. The highest BCUT2D eigenvalue weighted by Gasteiger charge is 2.21. The molecule has 0 unspecified atom stereocenters. The first kappa shape index (κ1) is 19.2. The topological polar surface area (TPSA) is 107 Å². The third kappa shape index (κ3) is 3.74. The van der Waals surface area contributed by atoms with E-state index >= 15 is 0 Å². The summed E-state index contributed by atoms with van der Waals surface area (Å²) in [6.45, 7) is 3.97. The molecule has 148 valence electrons. The molecule has 1 aliphatic rings. The quantitative estimate of drug-likeness (QED) is 0.545.